The van der Waals surface area contributed by atoms with Crippen LogP contribution in [0.25, 0.3) is 16.3 Å². The maximum atomic E-state index is 11.2. The molecule has 0 aromatic heterocycles. The monoisotopic (exact) mass is 290 g/mol. The van der Waals surface area contributed by atoms with Crippen molar-refractivity contribution in [1.82, 2.24) is 0 Å². The lowest BCUT2D eigenvalue weighted by atomic mass is 9.98. The summed E-state index contributed by atoms with van der Waals surface area (Å²) in [6.45, 7) is 1.74. The Bertz CT molecular complexity index is 615. The van der Waals surface area contributed by atoms with Gasteiger partial charge in [-0.2, -0.15) is 0 Å². The molecule has 0 aliphatic heterocycles. The molecule has 86 valence electrons. The fourth-order valence-electron chi connectivity index (χ4n) is 1.87. The molecule has 0 aliphatic carbocycles. The molecular formula is C14H11BrO2. The third kappa shape index (κ3) is 2.24. The largest absolute Gasteiger partial charge is 0.478 e. The van der Waals surface area contributed by atoms with E-state index in [1.165, 1.54) is 0 Å². The van der Waals surface area contributed by atoms with Crippen molar-refractivity contribution in [2.75, 3.05) is 0 Å². The fourth-order valence-corrected chi connectivity index (χ4v) is 2.24. The van der Waals surface area contributed by atoms with Crippen LogP contribution in [0.1, 0.15) is 12.5 Å². The molecule has 0 radical (unpaired) electrons. The molecule has 0 spiro atoms. The summed E-state index contributed by atoms with van der Waals surface area (Å²) in [5.74, 6) is -0.903. The van der Waals surface area contributed by atoms with Gasteiger partial charge in [0.25, 0.3) is 0 Å². The van der Waals surface area contributed by atoms with Gasteiger partial charge in [-0.25, -0.2) is 4.79 Å². The first-order valence-electron chi connectivity index (χ1n) is 5.21. The topological polar surface area (TPSA) is 37.3 Å². The number of carboxylic acids is 1. The number of halogens is 1. The second-order valence-electron chi connectivity index (χ2n) is 3.68. The second-order valence-corrected chi connectivity index (χ2v) is 4.59. The number of carbonyl (C=O) groups is 1. The van der Waals surface area contributed by atoms with E-state index in [4.69, 9.17) is 0 Å². The predicted octanol–water partition coefficient (Wildman–Crippen LogP) is 4.09. The minimum atomic E-state index is -0.903. The molecule has 2 rings (SSSR count). The van der Waals surface area contributed by atoms with Crippen LogP contribution in [0.15, 0.2) is 46.9 Å². The molecule has 2 aromatic rings. The number of aliphatic carboxylic acids is 1. The highest BCUT2D eigenvalue weighted by molar-refractivity contribution is 9.10. The molecule has 0 amide bonds. The SMILES string of the molecule is C/C=C(/C(=O)O)c1cccc2ccc(Br)cc12. The molecule has 17 heavy (non-hydrogen) atoms. The molecule has 0 fully saturated rings. The van der Waals surface area contributed by atoms with Crippen molar-refractivity contribution < 1.29 is 9.90 Å². The number of carboxylic acid groups (broad SMARTS) is 1. The first kappa shape index (κ1) is 11.9. The Hall–Kier alpha value is -1.61. The summed E-state index contributed by atoms with van der Waals surface area (Å²) in [6.07, 6.45) is 1.62. The fraction of sp³-hybridized carbons (Fsp3) is 0.0714. The molecule has 0 bridgehead atoms. The number of rotatable bonds is 2. The molecule has 0 atom stereocenters. The van der Waals surface area contributed by atoms with Crippen LogP contribution in [0.2, 0.25) is 0 Å². The Kier molecular flexibility index (Phi) is 3.29. The third-order valence-corrected chi connectivity index (χ3v) is 3.15. The first-order valence-corrected chi connectivity index (χ1v) is 6.01. The van der Waals surface area contributed by atoms with Crippen LogP contribution in [0.4, 0.5) is 0 Å². The Balaban J connectivity index is 2.77. The maximum absolute atomic E-state index is 11.2. The average Bonchev–Trinajstić information content (AvgIpc) is 2.30. The van der Waals surface area contributed by atoms with Crippen molar-refractivity contribution in [3.63, 3.8) is 0 Å². The molecule has 3 heteroatoms. The Morgan fingerprint density at radius 1 is 1.29 bits per heavy atom. The van der Waals surface area contributed by atoms with E-state index in [1.54, 1.807) is 13.0 Å². The van der Waals surface area contributed by atoms with E-state index in [-0.39, 0.29) is 0 Å². The molecule has 0 saturated heterocycles. The zero-order chi connectivity index (χ0) is 12.4. The standard InChI is InChI=1S/C14H11BrO2/c1-2-11(14(16)17)12-5-3-4-9-6-7-10(15)8-13(9)12/h2-8H,1H3,(H,16,17)/b11-2+. The smallest absolute Gasteiger partial charge is 0.335 e. The van der Waals surface area contributed by atoms with Crippen molar-refractivity contribution >= 4 is 38.2 Å². The summed E-state index contributed by atoms with van der Waals surface area (Å²) in [7, 11) is 0. The molecule has 0 unspecified atom stereocenters. The van der Waals surface area contributed by atoms with Crippen LogP contribution in [0.3, 0.4) is 0 Å². The van der Waals surface area contributed by atoms with E-state index < -0.39 is 5.97 Å². The van der Waals surface area contributed by atoms with Gasteiger partial charge >= 0.3 is 5.97 Å². The molecular weight excluding hydrogens is 280 g/mol. The average molecular weight is 291 g/mol. The number of hydrogen-bond donors (Lipinski definition) is 1. The summed E-state index contributed by atoms with van der Waals surface area (Å²) in [4.78, 5) is 11.2. The van der Waals surface area contributed by atoms with Crippen LogP contribution >= 0.6 is 15.9 Å². The Labute approximate surface area is 108 Å². The number of allylic oxidation sites excluding steroid dienone is 1. The third-order valence-electron chi connectivity index (χ3n) is 2.65. The van der Waals surface area contributed by atoms with Crippen LogP contribution in [-0.4, -0.2) is 11.1 Å². The summed E-state index contributed by atoms with van der Waals surface area (Å²) in [5, 5.41) is 11.2. The highest BCUT2D eigenvalue weighted by Crippen LogP contribution is 2.27. The predicted molar refractivity (Wildman–Crippen MR) is 72.9 cm³/mol. The van der Waals surface area contributed by atoms with Gasteiger partial charge in [0.1, 0.15) is 0 Å². The van der Waals surface area contributed by atoms with Gasteiger partial charge in [0.15, 0.2) is 0 Å². The van der Waals surface area contributed by atoms with Gasteiger partial charge in [0, 0.05) is 4.47 Å². The summed E-state index contributed by atoms with van der Waals surface area (Å²) in [5.41, 5.74) is 1.08. The molecule has 0 saturated carbocycles. The maximum Gasteiger partial charge on any atom is 0.335 e. The van der Waals surface area contributed by atoms with E-state index in [0.717, 1.165) is 20.8 Å². The minimum absolute atomic E-state index is 0.328. The van der Waals surface area contributed by atoms with Gasteiger partial charge in [-0.15, -0.1) is 0 Å². The minimum Gasteiger partial charge on any atom is -0.478 e. The van der Waals surface area contributed by atoms with Crippen LogP contribution in [0, 0.1) is 0 Å². The van der Waals surface area contributed by atoms with E-state index in [0.29, 0.717) is 5.57 Å². The number of benzene rings is 2. The molecule has 2 aromatic carbocycles. The highest BCUT2D eigenvalue weighted by Gasteiger charge is 2.12. The lowest BCUT2D eigenvalue weighted by Gasteiger charge is -2.07. The van der Waals surface area contributed by atoms with Crippen molar-refractivity contribution in [2.45, 2.75) is 6.92 Å². The lowest BCUT2D eigenvalue weighted by molar-refractivity contribution is -0.130. The van der Waals surface area contributed by atoms with E-state index in [2.05, 4.69) is 15.9 Å². The van der Waals surface area contributed by atoms with Crippen molar-refractivity contribution in [3.8, 4) is 0 Å². The Morgan fingerprint density at radius 3 is 2.71 bits per heavy atom. The van der Waals surface area contributed by atoms with Gasteiger partial charge in [0.05, 0.1) is 5.57 Å². The summed E-state index contributed by atoms with van der Waals surface area (Å²) in [6, 6.07) is 11.5. The van der Waals surface area contributed by atoms with Gasteiger partial charge in [-0.1, -0.05) is 46.3 Å². The quantitative estimate of drug-likeness (QED) is 0.846. The van der Waals surface area contributed by atoms with E-state index in [1.807, 2.05) is 36.4 Å². The van der Waals surface area contributed by atoms with Gasteiger partial charge < -0.3 is 5.11 Å². The summed E-state index contributed by atoms with van der Waals surface area (Å²) < 4.78 is 0.943. The van der Waals surface area contributed by atoms with Gasteiger partial charge in [-0.3, -0.25) is 0 Å². The number of fused-ring (bicyclic) bond motifs is 1. The second kappa shape index (κ2) is 4.72. The van der Waals surface area contributed by atoms with E-state index in [9.17, 15) is 9.90 Å². The first-order chi connectivity index (χ1) is 8.13. The number of hydrogen-bond acceptors (Lipinski definition) is 1. The highest BCUT2D eigenvalue weighted by atomic mass is 79.9. The zero-order valence-corrected chi connectivity index (χ0v) is 10.9. The van der Waals surface area contributed by atoms with E-state index >= 15 is 0 Å². The van der Waals surface area contributed by atoms with Crippen molar-refractivity contribution in [3.05, 3.63) is 52.5 Å². The Morgan fingerprint density at radius 2 is 2.06 bits per heavy atom. The molecule has 1 N–H and O–H groups in total. The van der Waals surface area contributed by atoms with Crippen molar-refractivity contribution in [1.29, 1.82) is 0 Å². The lowest BCUT2D eigenvalue weighted by Crippen LogP contribution is -1.99. The van der Waals surface area contributed by atoms with Gasteiger partial charge in [0.2, 0.25) is 0 Å². The van der Waals surface area contributed by atoms with Crippen LogP contribution in [0.5, 0.6) is 0 Å². The molecule has 0 heterocycles. The molecule has 2 nitrogen and oxygen atoms in total. The van der Waals surface area contributed by atoms with Crippen LogP contribution in [-0.2, 0) is 4.79 Å². The molecule has 0 aliphatic rings. The zero-order valence-electron chi connectivity index (χ0n) is 9.27. The normalized spacial score (nSPS) is 11.8. The summed E-state index contributed by atoms with van der Waals surface area (Å²) >= 11 is 3.41. The van der Waals surface area contributed by atoms with Gasteiger partial charge in [-0.05, 0) is 35.4 Å². The van der Waals surface area contributed by atoms with Crippen molar-refractivity contribution in [2.24, 2.45) is 0 Å². The van der Waals surface area contributed by atoms with Crippen LogP contribution < -0.4 is 0 Å².